The average Bonchev–Trinajstić information content (AvgIpc) is 3.39. The Kier molecular flexibility index (Phi) is 6.90. The molecule has 4 rings (SSSR count). The van der Waals surface area contributed by atoms with Crippen LogP contribution in [-0.4, -0.2) is 29.9 Å². The zero-order valence-electron chi connectivity index (χ0n) is 17.8. The third-order valence-electron chi connectivity index (χ3n) is 4.93. The van der Waals surface area contributed by atoms with Gasteiger partial charge in [0.1, 0.15) is 23.8 Å². The number of nitrogens with zero attached hydrogens (tertiary/aromatic N) is 1. The van der Waals surface area contributed by atoms with Crippen LogP contribution in [0.3, 0.4) is 0 Å². The van der Waals surface area contributed by atoms with Crippen LogP contribution in [0.25, 0.3) is 6.08 Å². The summed E-state index contributed by atoms with van der Waals surface area (Å²) in [7, 11) is 1.23. The van der Waals surface area contributed by atoms with Gasteiger partial charge < -0.3 is 19.2 Å². The largest absolute Gasteiger partial charge is 0.487 e. The number of urea groups is 1. The van der Waals surface area contributed by atoms with Crippen molar-refractivity contribution in [1.29, 1.82) is 0 Å². The van der Waals surface area contributed by atoms with Crippen molar-refractivity contribution in [3.8, 4) is 5.75 Å². The lowest BCUT2D eigenvalue weighted by Crippen LogP contribution is -2.30. The van der Waals surface area contributed by atoms with Crippen LogP contribution in [0, 0.1) is 0 Å². The van der Waals surface area contributed by atoms with Gasteiger partial charge in [0.25, 0.3) is 5.91 Å². The zero-order chi connectivity index (χ0) is 24.2. The Morgan fingerprint density at radius 3 is 2.62 bits per heavy atom. The van der Waals surface area contributed by atoms with E-state index in [1.165, 1.54) is 25.3 Å². The van der Waals surface area contributed by atoms with E-state index < -0.39 is 17.9 Å². The number of hydrogen-bond donors (Lipinski definition) is 1. The molecule has 0 unspecified atom stereocenters. The van der Waals surface area contributed by atoms with Crippen LogP contribution in [0.4, 0.5) is 4.79 Å². The molecule has 10 heteroatoms. The molecule has 2 heterocycles. The van der Waals surface area contributed by atoms with Gasteiger partial charge in [-0.15, -0.1) is 0 Å². The minimum Gasteiger partial charge on any atom is -0.487 e. The summed E-state index contributed by atoms with van der Waals surface area (Å²) in [6.07, 6.45) is 1.51. The van der Waals surface area contributed by atoms with Gasteiger partial charge in [-0.25, -0.2) is 9.59 Å². The SMILES string of the molecule is COC(=O)c1ccc(CN2C(=O)N/C(=C\c3ccc(OCc4ccccc4Cl)c(Cl)c3)C2=O)o1. The van der Waals surface area contributed by atoms with Gasteiger partial charge in [0, 0.05) is 10.6 Å². The van der Waals surface area contributed by atoms with Crippen molar-refractivity contribution in [2.45, 2.75) is 13.2 Å². The minimum atomic E-state index is -0.653. The van der Waals surface area contributed by atoms with Crippen molar-refractivity contribution in [3.63, 3.8) is 0 Å². The molecule has 1 N–H and O–H groups in total. The highest BCUT2D eigenvalue weighted by molar-refractivity contribution is 6.32. The number of ether oxygens (including phenoxy) is 2. The second-order valence-electron chi connectivity index (χ2n) is 7.21. The van der Waals surface area contributed by atoms with Crippen LogP contribution < -0.4 is 10.1 Å². The molecule has 0 radical (unpaired) electrons. The fourth-order valence-corrected chi connectivity index (χ4v) is 3.64. The second-order valence-corrected chi connectivity index (χ2v) is 8.02. The fraction of sp³-hybridized carbons (Fsp3) is 0.125. The minimum absolute atomic E-state index is 0.0215. The summed E-state index contributed by atoms with van der Waals surface area (Å²) in [6, 6.07) is 14.6. The van der Waals surface area contributed by atoms with Crippen LogP contribution in [-0.2, 0) is 22.7 Å². The van der Waals surface area contributed by atoms with Gasteiger partial charge in [0.15, 0.2) is 0 Å². The molecule has 0 saturated carbocycles. The molecular formula is C24H18Cl2N2O6. The second kappa shape index (κ2) is 10.0. The quantitative estimate of drug-likeness (QED) is 0.277. The normalized spacial score (nSPS) is 14.4. The summed E-state index contributed by atoms with van der Waals surface area (Å²) in [5, 5.41) is 3.45. The Balaban J connectivity index is 1.44. The molecule has 0 atom stereocenters. The molecule has 1 aromatic heterocycles. The number of furan rings is 1. The highest BCUT2D eigenvalue weighted by Gasteiger charge is 2.34. The van der Waals surface area contributed by atoms with Gasteiger partial charge in [-0.1, -0.05) is 47.5 Å². The van der Waals surface area contributed by atoms with E-state index in [1.54, 1.807) is 24.3 Å². The van der Waals surface area contributed by atoms with Crippen LogP contribution in [0.2, 0.25) is 10.0 Å². The topological polar surface area (TPSA) is 98.1 Å². The van der Waals surface area contributed by atoms with Gasteiger partial charge >= 0.3 is 12.0 Å². The van der Waals surface area contributed by atoms with Crippen molar-refractivity contribution in [3.05, 3.63) is 93.0 Å². The number of carbonyl (C=O) groups excluding carboxylic acids is 3. The maximum absolute atomic E-state index is 12.7. The molecule has 2 aromatic carbocycles. The molecule has 0 aliphatic carbocycles. The van der Waals surface area contributed by atoms with Crippen LogP contribution >= 0.6 is 23.2 Å². The summed E-state index contributed by atoms with van der Waals surface area (Å²) in [4.78, 5) is 37.5. The molecule has 0 bridgehead atoms. The Morgan fingerprint density at radius 1 is 1.09 bits per heavy atom. The Hall–Kier alpha value is -3.75. The van der Waals surface area contributed by atoms with Crippen LogP contribution in [0.1, 0.15) is 27.4 Å². The lowest BCUT2D eigenvalue weighted by molar-refractivity contribution is -0.123. The van der Waals surface area contributed by atoms with E-state index >= 15 is 0 Å². The lowest BCUT2D eigenvalue weighted by Gasteiger charge is -2.10. The molecule has 174 valence electrons. The summed E-state index contributed by atoms with van der Waals surface area (Å²) >= 11 is 12.5. The van der Waals surface area contributed by atoms with Crippen molar-refractivity contribution in [2.75, 3.05) is 7.11 Å². The molecule has 3 amide bonds. The maximum atomic E-state index is 12.7. The summed E-state index contributed by atoms with van der Waals surface area (Å²) in [6.45, 7) is 0.0996. The van der Waals surface area contributed by atoms with Crippen LogP contribution in [0.15, 0.2) is 64.7 Å². The zero-order valence-corrected chi connectivity index (χ0v) is 19.4. The monoisotopic (exact) mass is 500 g/mol. The number of hydrogen-bond acceptors (Lipinski definition) is 6. The summed E-state index contributed by atoms with van der Waals surface area (Å²) in [5.74, 6) is -0.511. The van der Waals surface area contributed by atoms with Crippen molar-refractivity contribution >= 4 is 47.2 Å². The summed E-state index contributed by atoms with van der Waals surface area (Å²) in [5.41, 5.74) is 1.48. The van der Waals surface area contributed by atoms with E-state index in [1.807, 2.05) is 18.2 Å². The van der Waals surface area contributed by atoms with E-state index in [-0.39, 0.29) is 30.4 Å². The summed E-state index contributed by atoms with van der Waals surface area (Å²) < 4.78 is 15.7. The average molecular weight is 501 g/mol. The number of carbonyl (C=O) groups is 3. The van der Waals surface area contributed by atoms with E-state index in [4.69, 9.17) is 32.4 Å². The van der Waals surface area contributed by atoms with E-state index in [0.29, 0.717) is 21.4 Å². The highest BCUT2D eigenvalue weighted by atomic mass is 35.5. The Bertz CT molecular complexity index is 1300. The molecule has 0 spiro atoms. The maximum Gasteiger partial charge on any atom is 0.373 e. The Labute approximate surface area is 204 Å². The predicted molar refractivity (Wildman–Crippen MR) is 124 cm³/mol. The van der Waals surface area contributed by atoms with Gasteiger partial charge in [0.2, 0.25) is 5.76 Å². The highest BCUT2D eigenvalue weighted by Crippen LogP contribution is 2.28. The predicted octanol–water partition coefficient (Wildman–Crippen LogP) is 5.04. The van der Waals surface area contributed by atoms with Gasteiger partial charge in [-0.2, -0.15) is 0 Å². The number of imide groups is 1. The first-order valence-electron chi connectivity index (χ1n) is 10.0. The van der Waals surface area contributed by atoms with Crippen molar-refractivity contribution in [1.82, 2.24) is 10.2 Å². The number of methoxy groups -OCH3 is 1. The van der Waals surface area contributed by atoms with Crippen LogP contribution in [0.5, 0.6) is 5.75 Å². The molecular weight excluding hydrogens is 483 g/mol. The number of nitrogens with one attached hydrogen (secondary N) is 1. The number of halogens is 2. The molecule has 1 aliphatic rings. The molecule has 1 aliphatic heterocycles. The standard InChI is InChI=1S/C24H18Cl2N2O6/c1-32-23(30)21-9-7-16(34-21)12-28-22(29)19(27-24(28)31)11-14-6-8-20(18(26)10-14)33-13-15-4-2-3-5-17(15)25/h2-11H,12-13H2,1H3,(H,27,31)/b19-11-. The van der Waals surface area contributed by atoms with Crippen molar-refractivity contribution < 1.29 is 28.3 Å². The smallest absolute Gasteiger partial charge is 0.373 e. The molecule has 3 aromatic rings. The number of amides is 3. The number of benzene rings is 2. The molecule has 1 fully saturated rings. The van der Waals surface area contributed by atoms with Gasteiger partial charge in [-0.3, -0.25) is 9.69 Å². The first-order chi connectivity index (χ1) is 16.4. The number of rotatable bonds is 7. The molecule has 34 heavy (non-hydrogen) atoms. The number of esters is 1. The Morgan fingerprint density at radius 2 is 1.88 bits per heavy atom. The van der Waals surface area contributed by atoms with Gasteiger partial charge in [-0.05, 0) is 42.0 Å². The third kappa shape index (κ3) is 5.08. The van der Waals surface area contributed by atoms with E-state index in [0.717, 1.165) is 10.5 Å². The molecule has 1 saturated heterocycles. The fourth-order valence-electron chi connectivity index (χ4n) is 3.21. The lowest BCUT2D eigenvalue weighted by atomic mass is 10.1. The van der Waals surface area contributed by atoms with E-state index in [9.17, 15) is 14.4 Å². The van der Waals surface area contributed by atoms with E-state index in [2.05, 4.69) is 10.1 Å². The first-order valence-corrected chi connectivity index (χ1v) is 10.8. The van der Waals surface area contributed by atoms with Crippen molar-refractivity contribution in [2.24, 2.45) is 0 Å². The third-order valence-corrected chi connectivity index (χ3v) is 5.60. The molecule has 8 nitrogen and oxygen atoms in total. The first kappa shape index (κ1) is 23.4. The van der Waals surface area contributed by atoms with Gasteiger partial charge in [0.05, 0.1) is 18.7 Å².